The van der Waals surface area contributed by atoms with Gasteiger partial charge >= 0.3 is 0 Å². The number of Topliss-reactive ketones (excluding diaryl/α,β-unsaturated/α-hetero) is 1. The summed E-state index contributed by atoms with van der Waals surface area (Å²) in [4.78, 5) is 35.5. The van der Waals surface area contributed by atoms with Crippen molar-refractivity contribution in [3.05, 3.63) is 70.8 Å². The molecule has 31 heavy (non-hydrogen) atoms. The van der Waals surface area contributed by atoms with E-state index in [4.69, 9.17) is 0 Å². The van der Waals surface area contributed by atoms with Crippen LogP contribution in [0.1, 0.15) is 51.2 Å². The Bertz CT molecular complexity index is 950. The molecule has 0 unspecified atom stereocenters. The van der Waals surface area contributed by atoms with Crippen LogP contribution in [0.4, 0.5) is 11.4 Å². The average molecular weight is 417 g/mol. The van der Waals surface area contributed by atoms with Gasteiger partial charge in [-0.05, 0) is 66.3 Å². The van der Waals surface area contributed by atoms with Gasteiger partial charge in [-0.2, -0.15) is 0 Å². The van der Waals surface area contributed by atoms with Gasteiger partial charge in [-0.3, -0.25) is 14.4 Å². The molecule has 3 rings (SSSR count). The van der Waals surface area contributed by atoms with E-state index < -0.39 is 0 Å². The van der Waals surface area contributed by atoms with Crippen LogP contribution in [0, 0.1) is 5.92 Å². The fraction of sp³-hybridized carbons (Fsp3) is 0.269. The molecule has 0 aromatic heterocycles. The minimum absolute atomic E-state index is 0.0848. The van der Waals surface area contributed by atoms with Crippen molar-refractivity contribution >= 4 is 41.1 Å². The van der Waals surface area contributed by atoms with E-state index in [1.807, 2.05) is 60.7 Å². The Morgan fingerprint density at radius 1 is 0.806 bits per heavy atom. The van der Waals surface area contributed by atoms with Crippen LogP contribution < -0.4 is 10.6 Å². The Morgan fingerprint density at radius 2 is 1.19 bits per heavy atom. The van der Waals surface area contributed by atoms with Crippen LogP contribution >= 0.6 is 0 Å². The van der Waals surface area contributed by atoms with Gasteiger partial charge in [0, 0.05) is 36.4 Å². The van der Waals surface area contributed by atoms with Gasteiger partial charge in [-0.1, -0.05) is 37.6 Å². The molecule has 0 spiro atoms. The van der Waals surface area contributed by atoms with Crippen molar-refractivity contribution in [3.8, 4) is 0 Å². The van der Waals surface area contributed by atoms with Crippen LogP contribution in [-0.2, 0) is 14.4 Å². The second-order valence-corrected chi connectivity index (χ2v) is 7.96. The summed E-state index contributed by atoms with van der Waals surface area (Å²) in [6.45, 7) is 5.10. The third-order valence-electron chi connectivity index (χ3n) is 5.32. The topological polar surface area (TPSA) is 75.3 Å². The van der Waals surface area contributed by atoms with Gasteiger partial charge in [0.15, 0.2) is 5.78 Å². The summed E-state index contributed by atoms with van der Waals surface area (Å²) < 4.78 is 0. The Kier molecular flexibility index (Phi) is 7.19. The number of ketones is 1. The maximum atomic E-state index is 13.2. The summed E-state index contributed by atoms with van der Waals surface area (Å²) in [6.07, 6.45) is 6.44. The predicted molar refractivity (Wildman–Crippen MR) is 125 cm³/mol. The molecule has 5 heteroatoms. The lowest BCUT2D eigenvalue weighted by Gasteiger charge is -2.25. The van der Waals surface area contributed by atoms with E-state index in [-0.39, 0.29) is 17.6 Å². The summed E-state index contributed by atoms with van der Waals surface area (Å²) in [5, 5.41) is 5.50. The lowest BCUT2D eigenvalue weighted by Crippen LogP contribution is -2.19. The van der Waals surface area contributed by atoms with Crippen molar-refractivity contribution in [2.24, 2.45) is 5.92 Å². The summed E-state index contributed by atoms with van der Waals surface area (Å²) in [5.41, 5.74) is 4.97. The monoisotopic (exact) mass is 416 g/mol. The maximum absolute atomic E-state index is 13.2. The molecule has 0 bridgehead atoms. The highest BCUT2D eigenvalue weighted by Gasteiger charge is 2.26. The summed E-state index contributed by atoms with van der Waals surface area (Å²) in [7, 11) is 0. The van der Waals surface area contributed by atoms with Gasteiger partial charge in [0.05, 0.1) is 0 Å². The van der Waals surface area contributed by atoms with E-state index in [1.54, 1.807) is 0 Å². The predicted octanol–water partition coefficient (Wildman–Crippen LogP) is 5.46. The molecule has 1 saturated carbocycles. The highest BCUT2D eigenvalue weighted by Crippen LogP contribution is 2.34. The lowest BCUT2D eigenvalue weighted by atomic mass is 9.78. The Balaban J connectivity index is 1.83. The fourth-order valence-corrected chi connectivity index (χ4v) is 3.76. The molecule has 1 aliphatic rings. The first-order chi connectivity index (χ1) is 14.8. The summed E-state index contributed by atoms with van der Waals surface area (Å²) >= 11 is 0. The molecule has 2 amide bonds. The van der Waals surface area contributed by atoms with E-state index in [0.29, 0.717) is 5.92 Å². The van der Waals surface area contributed by atoms with E-state index in [9.17, 15) is 14.4 Å². The number of allylic oxidation sites excluding steroid dienone is 2. The summed E-state index contributed by atoms with van der Waals surface area (Å²) in [5.74, 6) is 0.285. The van der Waals surface area contributed by atoms with E-state index in [0.717, 1.165) is 52.9 Å². The van der Waals surface area contributed by atoms with Gasteiger partial charge in [0.1, 0.15) is 0 Å². The van der Waals surface area contributed by atoms with Gasteiger partial charge in [0.25, 0.3) is 0 Å². The van der Waals surface area contributed by atoms with Gasteiger partial charge in [-0.15, -0.1) is 0 Å². The number of hydrogen-bond donors (Lipinski definition) is 2. The van der Waals surface area contributed by atoms with Crippen LogP contribution in [0.2, 0.25) is 0 Å². The molecular formula is C26H28N2O3. The van der Waals surface area contributed by atoms with E-state index in [1.165, 1.54) is 13.8 Å². The van der Waals surface area contributed by atoms with Crippen molar-refractivity contribution in [2.75, 3.05) is 10.6 Å². The molecule has 160 valence electrons. The standard InChI is InChI=1S/C26H28N2O3/c1-4-19-13-22(15-20-5-9-24(10-6-20)27-17(2)29)26(31)23(14-19)16-21-7-11-25(12-8-21)28-18(3)30/h5-12,15-16,19H,4,13-14H2,1-3H3,(H,27,29)(H,28,30). The van der Waals surface area contributed by atoms with Crippen molar-refractivity contribution in [1.29, 1.82) is 0 Å². The lowest BCUT2D eigenvalue weighted by molar-refractivity contribution is -0.115. The molecule has 0 heterocycles. The normalized spacial score (nSPS) is 18.8. The molecule has 2 aromatic rings. The third kappa shape index (κ3) is 6.25. The quantitative estimate of drug-likeness (QED) is 0.636. The van der Waals surface area contributed by atoms with Crippen LogP contribution in [-0.4, -0.2) is 17.6 Å². The molecule has 2 N–H and O–H groups in total. The number of hydrogen-bond acceptors (Lipinski definition) is 3. The molecule has 5 nitrogen and oxygen atoms in total. The van der Waals surface area contributed by atoms with Gasteiger partial charge < -0.3 is 10.6 Å². The molecule has 0 atom stereocenters. The first-order valence-corrected chi connectivity index (χ1v) is 10.5. The first kappa shape index (κ1) is 22.2. The van der Waals surface area contributed by atoms with E-state index in [2.05, 4.69) is 17.6 Å². The number of benzene rings is 2. The van der Waals surface area contributed by atoms with Crippen molar-refractivity contribution < 1.29 is 14.4 Å². The van der Waals surface area contributed by atoms with Crippen LogP contribution in [0.5, 0.6) is 0 Å². The van der Waals surface area contributed by atoms with Crippen molar-refractivity contribution in [3.63, 3.8) is 0 Å². The molecule has 1 fully saturated rings. The highest BCUT2D eigenvalue weighted by atomic mass is 16.2. The molecule has 0 radical (unpaired) electrons. The molecule has 2 aromatic carbocycles. The number of nitrogens with one attached hydrogen (secondary N) is 2. The number of amides is 2. The van der Waals surface area contributed by atoms with Gasteiger partial charge in [-0.25, -0.2) is 0 Å². The molecule has 0 saturated heterocycles. The number of carbonyl (C=O) groups is 3. The zero-order valence-electron chi connectivity index (χ0n) is 18.2. The van der Waals surface area contributed by atoms with Crippen molar-refractivity contribution in [1.82, 2.24) is 0 Å². The number of carbonyl (C=O) groups excluding carboxylic acids is 3. The maximum Gasteiger partial charge on any atom is 0.221 e. The second-order valence-electron chi connectivity index (χ2n) is 7.96. The second kappa shape index (κ2) is 10.0. The first-order valence-electron chi connectivity index (χ1n) is 10.5. The SMILES string of the molecule is CCC1CC(=Cc2ccc(NC(C)=O)cc2)C(=O)C(=Cc2ccc(NC(C)=O)cc2)C1. The molecule has 0 aliphatic heterocycles. The Hall–Kier alpha value is -3.47. The number of anilines is 2. The molecule has 1 aliphatic carbocycles. The fourth-order valence-electron chi connectivity index (χ4n) is 3.76. The van der Waals surface area contributed by atoms with E-state index >= 15 is 0 Å². The third-order valence-corrected chi connectivity index (χ3v) is 5.32. The van der Waals surface area contributed by atoms with Gasteiger partial charge in [0.2, 0.25) is 11.8 Å². The summed E-state index contributed by atoms with van der Waals surface area (Å²) in [6, 6.07) is 15.0. The Morgan fingerprint density at radius 3 is 1.52 bits per heavy atom. The Labute approximate surface area is 183 Å². The smallest absolute Gasteiger partial charge is 0.221 e. The van der Waals surface area contributed by atoms with Crippen LogP contribution in [0.25, 0.3) is 12.2 Å². The zero-order valence-corrected chi connectivity index (χ0v) is 18.2. The highest BCUT2D eigenvalue weighted by molar-refractivity contribution is 6.14. The zero-order chi connectivity index (χ0) is 22.4. The van der Waals surface area contributed by atoms with Crippen LogP contribution in [0.3, 0.4) is 0 Å². The number of rotatable bonds is 5. The average Bonchev–Trinajstić information content (AvgIpc) is 2.73. The molecular weight excluding hydrogens is 388 g/mol. The van der Waals surface area contributed by atoms with Crippen LogP contribution in [0.15, 0.2) is 59.7 Å². The minimum Gasteiger partial charge on any atom is -0.326 e. The minimum atomic E-state index is -0.112. The largest absolute Gasteiger partial charge is 0.326 e. The van der Waals surface area contributed by atoms with Crippen molar-refractivity contribution in [2.45, 2.75) is 40.0 Å².